The van der Waals surface area contributed by atoms with Gasteiger partial charge in [0.2, 0.25) is 0 Å². The van der Waals surface area contributed by atoms with Crippen molar-refractivity contribution in [3.8, 4) is 17.1 Å². The van der Waals surface area contributed by atoms with Gasteiger partial charge < -0.3 is 0 Å². The average molecular weight is 351 g/mol. The quantitative estimate of drug-likeness (QED) is 0.518. The Morgan fingerprint density at radius 3 is 2.36 bits per heavy atom. The number of hydrogen-bond acceptors (Lipinski definition) is 2. The third-order valence-electron chi connectivity index (χ3n) is 3.98. The van der Waals surface area contributed by atoms with Gasteiger partial charge in [0.1, 0.15) is 5.82 Å². The fourth-order valence-electron chi connectivity index (χ4n) is 2.81. The number of hydrogen-bond donors (Lipinski definition) is 0. The van der Waals surface area contributed by atoms with Crippen LogP contribution in [0.25, 0.3) is 28.0 Å². The van der Waals surface area contributed by atoms with Crippen LogP contribution in [0.5, 0.6) is 0 Å². The molecule has 0 fully saturated rings. The van der Waals surface area contributed by atoms with Crippen molar-refractivity contribution >= 4 is 22.5 Å². The molecule has 0 saturated heterocycles. The van der Waals surface area contributed by atoms with E-state index in [-0.39, 0.29) is 16.9 Å². The third-order valence-corrected chi connectivity index (χ3v) is 4.30. The van der Waals surface area contributed by atoms with Crippen LogP contribution in [0.4, 0.5) is 4.39 Å². The summed E-state index contributed by atoms with van der Waals surface area (Å²) in [5.41, 5.74) is 0.918. The lowest BCUT2D eigenvalue weighted by Gasteiger charge is -2.15. The normalized spacial score (nSPS) is 11.0. The summed E-state index contributed by atoms with van der Waals surface area (Å²) in [6.45, 7) is 0. The van der Waals surface area contributed by atoms with E-state index in [9.17, 15) is 9.18 Å². The predicted molar refractivity (Wildman–Crippen MR) is 97.7 cm³/mol. The summed E-state index contributed by atoms with van der Waals surface area (Å²) in [7, 11) is 0. The Bertz CT molecular complexity index is 1150. The molecule has 0 atom stereocenters. The van der Waals surface area contributed by atoms with Crippen LogP contribution in [0.1, 0.15) is 0 Å². The number of nitrogens with zero attached hydrogens (tertiary/aromatic N) is 2. The lowest BCUT2D eigenvalue weighted by molar-refractivity contribution is 0.629. The lowest BCUT2D eigenvalue weighted by Crippen LogP contribution is -2.22. The Hall–Kier alpha value is -2.98. The Balaban J connectivity index is 2.18. The summed E-state index contributed by atoms with van der Waals surface area (Å²) in [6, 6.07) is 20.2. The van der Waals surface area contributed by atoms with Crippen LogP contribution in [0.2, 0.25) is 5.02 Å². The molecule has 3 aromatic carbocycles. The van der Waals surface area contributed by atoms with Crippen molar-refractivity contribution in [2.24, 2.45) is 0 Å². The molecule has 4 aromatic rings. The Labute approximate surface area is 148 Å². The smallest absolute Gasteiger partial charge is 0.266 e. The van der Waals surface area contributed by atoms with E-state index in [1.54, 1.807) is 66.7 Å². The van der Waals surface area contributed by atoms with Gasteiger partial charge in [-0.25, -0.2) is 9.37 Å². The van der Waals surface area contributed by atoms with Crippen molar-refractivity contribution in [1.82, 2.24) is 9.55 Å². The topological polar surface area (TPSA) is 34.9 Å². The average Bonchev–Trinajstić information content (AvgIpc) is 2.63. The second-order valence-electron chi connectivity index (χ2n) is 5.52. The number of aromatic nitrogens is 2. The van der Waals surface area contributed by atoms with E-state index >= 15 is 0 Å². The molecule has 4 rings (SSSR count). The molecule has 0 N–H and O–H groups in total. The number of fused-ring (bicyclic) bond motifs is 1. The lowest BCUT2D eigenvalue weighted by atomic mass is 10.1. The summed E-state index contributed by atoms with van der Waals surface area (Å²) < 4.78 is 15.8. The standard InChI is InChI=1S/C20H12ClFN2O/c21-15-9-3-6-12-18(15)24-19(13-7-1-4-10-16(13)22)23-17-11-5-2-8-14(17)20(24)25/h1-12H. The zero-order valence-electron chi connectivity index (χ0n) is 13.0. The minimum atomic E-state index is -0.453. The van der Waals surface area contributed by atoms with Crippen molar-refractivity contribution in [3.63, 3.8) is 0 Å². The summed E-state index contributed by atoms with van der Waals surface area (Å²) in [6.07, 6.45) is 0. The molecule has 0 aliphatic heterocycles. The molecule has 1 heterocycles. The number of benzene rings is 3. The first-order valence-electron chi connectivity index (χ1n) is 7.68. The first-order valence-corrected chi connectivity index (χ1v) is 8.06. The molecular weight excluding hydrogens is 339 g/mol. The molecule has 0 unspecified atom stereocenters. The molecule has 3 nitrogen and oxygen atoms in total. The van der Waals surface area contributed by atoms with Crippen molar-refractivity contribution in [3.05, 3.63) is 94.0 Å². The van der Waals surface area contributed by atoms with Crippen LogP contribution < -0.4 is 5.56 Å². The van der Waals surface area contributed by atoms with Crippen LogP contribution in [0, 0.1) is 5.82 Å². The molecule has 1 aromatic heterocycles. The van der Waals surface area contributed by atoms with Crippen LogP contribution in [0.15, 0.2) is 77.6 Å². The van der Waals surface area contributed by atoms with E-state index < -0.39 is 5.82 Å². The van der Waals surface area contributed by atoms with Crippen LogP contribution >= 0.6 is 11.6 Å². The van der Waals surface area contributed by atoms with E-state index in [0.717, 1.165) is 0 Å². The number of rotatable bonds is 2. The van der Waals surface area contributed by atoms with E-state index in [1.165, 1.54) is 10.6 Å². The van der Waals surface area contributed by atoms with Gasteiger partial charge in [-0.15, -0.1) is 0 Å². The first-order chi connectivity index (χ1) is 12.2. The van der Waals surface area contributed by atoms with Gasteiger partial charge in [-0.3, -0.25) is 9.36 Å². The highest BCUT2D eigenvalue weighted by molar-refractivity contribution is 6.32. The maximum Gasteiger partial charge on any atom is 0.266 e. The van der Waals surface area contributed by atoms with Gasteiger partial charge in [0.25, 0.3) is 5.56 Å². The number of halogens is 2. The zero-order chi connectivity index (χ0) is 17.4. The van der Waals surface area contributed by atoms with Crippen LogP contribution in [0.3, 0.4) is 0 Å². The molecule has 0 bridgehead atoms. The van der Waals surface area contributed by atoms with Crippen LogP contribution in [-0.4, -0.2) is 9.55 Å². The van der Waals surface area contributed by atoms with Gasteiger partial charge in [0.15, 0.2) is 5.82 Å². The van der Waals surface area contributed by atoms with Gasteiger partial charge in [0.05, 0.1) is 27.2 Å². The highest BCUT2D eigenvalue weighted by atomic mass is 35.5. The first kappa shape index (κ1) is 15.5. The van der Waals surface area contributed by atoms with E-state index in [2.05, 4.69) is 4.98 Å². The highest BCUT2D eigenvalue weighted by Gasteiger charge is 2.18. The van der Waals surface area contributed by atoms with Crippen molar-refractivity contribution < 1.29 is 4.39 Å². The molecule has 0 radical (unpaired) electrons. The van der Waals surface area contributed by atoms with Gasteiger partial charge in [0, 0.05) is 0 Å². The number of para-hydroxylation sites is 2. The van der Waals surface area contributed by atoms with Gasteiger partial charge >= 0.3 is 0 Å². The fourth-order valence-corrected chi connectivity index (χ4v) is 3.03. The summed E-state index contributed by atoms with van der Waals surface area (Å²) >= 11 is 6.30. The Morgan fingerprint density at radius 1 is 0.880 bits per heavy atom. The molecule has 0 aliphatic carbocycles. The molecule has 0 amide bonds. The summed E-state index contributed by atoms with van der Waals surface area (Å²) in [4.78, 5) is 17.7. The monoisotopic (exact) mass is 350 g/mol. The predicted octanol–water partition coefficient (Wildman–Crippen LogP) is 4.85. The van der Waals surface area contributed by atoms with Gasteiger partial charge in [-0.2, -0.15) is 0 Å². The van der Waals surface area contributed by atoms with Gasteiger partial charge in [-0.1, -0.05) is 48.0 Å². The molecule has 5 heteroatoms. The van der Waals surface area contributed by atoms with E-state index in [1.807, 2.05) is 0 Å². The summed E-state index contributed by atoms with van der Waals surface area (Å²) in [5, 5.41) is 0.835. The van der Waals surface area contributed by atoms with Crippen molar-refractivity contribution in [1.29, 1.82) is 0 Å². The SMILES string of the molecule is O=c1c2ccccc2nc(-c2ccccc2F)n1-c1ccccc1Cl. The molecular formula is C20H12ClFN2O. The largest absolute Gasteiger partial charge is 0.268 e. The molecule has 0 aliphatic rings. The highest BCUT2D eigenvalue weighted by Crippen LogP contribution is 2.27. The molecule has 25 heavy (non-hydrogen) atoms. The Kier molecular flexibility index (Phi) is 3.82. The fraction of sp³-hybridized carbons (Fsp3) is 0. The third kappa shape index (κ3) is 2.61. The Morgan fingerprint density at radius 2 is 1.56 bits per heavy atom. The van der Waals surface area contributed by atoms with E-state index in [0.29, 0.717) is 21.6 Å². The molecule has 0 spiro atoms. The van der Waals surface area contributed by atoms with Crippen LogP contribution in [-0.2, 0) is 0 Å². The van der Waals surface area contributed by atoms with Crippen molar-refractivity contribution in [2.75, 3.05) is 0 Å². The molecule has 122 valence electrons. The summed E-state index contributed by atoms with van der Waals surface area (Å²) in [5.74, 6) is -0.236. The van der Waals surface area contributed by atoms with E-state index in [4.69, 9.17) is 11.6 Å². The molecule has 0 saturated carbocycles. The van der Waals surface area contributed by atoms with Crippen molar-refractivity contribution in [2.45, 2.75) is 0 Å². The zero-order valence-corrected chi connectivity index (χ0v) is 13.7. The maximum atomic E-state index is 14.4. The second kappa shape index (κ2) is 6.15. The second-order valence-corrected chi connectivity index (χ2v) is 5.93. The maximum absolute atomic E-state index is 14.4. The van der Waals surface area contributed by atoms with Gasteiger partial charge in [-0.05, 0) is 36.4 Å². The minimum absolute atomic E-state index is 0.218. The minimum Gasteiger partial charge on any atom is -0.268 e.